The van der Waals surface area contributed by atoms with E-state index < -0.39 is 6.09 Å². The molecule has 1 heterocycles. The average Bonchev–Trinajstić information content (AvgIpc) is 2.60. The maximum atomic E-state index is 12.3. The normalized spacial score (nSPS) is 9.83. The van der Waals surface area contributed by atoms with E-state index >= 15 is 0 Å². The molecule has 0 bridgehead atoms. The number of ether oxygens (including phenoxy) is 2. The molecule has 2 N–H and O–H groups in total. The second kappa shape index (κ2) is 7.79. The lowest BCUT2D eigenvalue weighted by Crippen LogP contribution is -2.23. The number of hydrogen-bond donors (Lipinski definition) is 2. The minimum atomic E-state index is -0.557. The SMILES string of the molecule is COC(=O)NCc1cc(C(=O)Nc2cccc(OC)c2)ccn1. The van der Waals surface area contributed by atoms with Crippen molar-refractivity contribution in [3.8, 4) is 5.75 Å². The number of rotatable bonds is 5. The molecule has 1 aromatic carbocycles. The van der Waals surface area contributed by atoms with E-state index in [0.29, 0.717) is 22.7 Å². The highest BCUT2D eigenvalue weighted by atomic mass is 16.5. The summed E-state index contributed by atoms with van der Waals surface area (Å²) in [6.07, 6.45) is 0.951. The van der Waals surface area contributed by atoms with Gasteiger partial charge in [0.2, 0.25) is 0 Å². The number of carbonyl (C=O) groups is 2. The van der Waals surface area contributed by atoms with E-state index in [2.05, 4.69) is 20.4 Å². The Hall–Kier alpha value is -3.09. The standard InChI is InChI=1S/C16H17N3O4/c1-22-14-5-3-4-12(9-14)19-15(20)11-6-7-17-13(8-11)10-18-16(21)23-2/h3-9H,10H2,1-2H3,(H,18,21)(H,19,20). The first-order valence-corrected chi connectivity index (χ1v) is 6.84. The summed E-state index contributed by atoms with van der Waals surface area (Å²) < 4.78 is 9.59. The Labute approximate surface area is 133 Å². The quantitative estimate of drug-likeness (QED) is 0.883. The maximum absolute atomic E-state index is 12.3. The molecule has 0 saturated carbocycles. The molecule has 0 unspecified atom stereocenters. The zero-order valence-corrected chi connectivity index (χ0v) is 12.8. The van der Waals surface area contributed by atoms with Crippen LogP contribution in [0.2, 0.25) is 0 Å². The van der Waals surface area contributed by atoms with Gasteiger partial charge in [-0.15, -0.1) is 0 Å². The van der Waals surface area contributed by atoms with Gasteiger partial charge in [0.05, 0.1) is 26.5 Å². The summed E-state index contributed by atoms with van der Waals surface area (Å²) in [4.78, 5) is 27.4. The Morgan fingerprint density at radius 2 is 2.00 bits per heavy atom. The van der Waals surface area contributed by atoms with Gasteiger partial charge >= 0.3 is 6.09 Å². The fraction of sp³-hybridized carbons (Fsp3) is 0.188. The number of amides is 2. The van der Waals surface area contributed by atoms with E-state index in [1.165, 1.54) is 13.3 Å². The van der Waals surface area contributed by atoms with Crippen LogP contribution < -0.4 is 15.4 Å². The van der Waals surface area contributed by atoms with Crippen molar-refractivity contribution in [3.63, 3.8) is 0 Å². The van der Waals surface area contributed by atoms with E-state index in [0.717, 1.165) is 0 Å². The van der Waals surface area contributed by atoms with Gasteiger partial charge in [0.15, 0.2) is 0 Å². The molecular formula is C16H17N3O4. The van der Waals surface area contributed by atoms with Gasteiger partial charge in [-0.1, -0.05) is 6.07 Å². The number of nitrogens with zero attached hydrogens (tertiary/aromatic N) is 1. The number of benzene rings is 1. The number of pyridine rings is 1. The van der Waals surface area contributed by atoms with Crippen molar-refractivity contribution in [2.45, 2.75) is 6.54 Å². The number of nitrogens with one attached hydrogen (secondary N) is 2. The fourth-order valence-electron chi connectivity index (χ4n) is 1.86. The molecule has 7 heteroatoms. The third-order valence-electron chi connectivity index (χ3n) is 3.01. The number of methoxy groups -OCH3 is 2. The molecule has 0 fully saturated rings. The topological polar surface area (TPSA) is 89.5 Å². The highest BCUT2D eigenvalue weighted by Crippen LogP contribution is 2.17. The average molecular weight is 315 g/mol. The zero-order valence-electron chi connectivity index (χ0n) is 12.8. The molecule has 23 heavy (non-hydrogen) atoms. The van der Waals surface area contributed by atoms with E-state index in [-0.39, 0.29) is 12.5 Å². The van der Waals surface area contributed by atoms with E-state index in [1.54, 1.807) is 43.5 Å². The molecule has 7 nitrogen and oxygen atoms in total. The van der Waals surface area contributed by atoms with E-state index in [9.17, 15) is 9.59 Å². The molecule has 1 aromatic heterocycles. The van der Waals surface area contributed by atoms with Gasteiger partial charge in [-0.3, -0.25) is 9.78 Å². The van der Waals surface area contributed by atoms with Gasteiger partial charge in [-0.25, -0.2) is 4.79 Å². The van der Waals surface area contributed by atoms with Crippen LogP contribution in [0.3, 0.4) is 0 Å². The first-order chi connectivity index (χ1) is 11.1. The van der Waals surface area contributed by atoms with Crippen LogP contribution in [0, 0.1) is 0 Å². The molecule has 0 aliphatic rings. The molecule has 0 aliphatic carbocycles. The molecule has 2 amide bonds. The molecule has 2 aromatic rings. The zero-order chi connectivity index (χ0) is 16.7. The largest absolute Gasteiger partial charge is 0.497 e. The van der Waals surface area contributed by atoms with Gasteiger partial charge < -0.3 is 20.1 Å². The number of aromatic nitrogens is 1. The van der Waals surface area contributed by atoms with E-state index in [4.69, 9.17) is 4.74 Å². The van der Waals surface area contributed by atoms with E-state index in [1.807, 2.05) is 0 Å². The third-order valence-corrected chi connectivity index (χ3v) is 3.01. The Morgan fingerprint density at radius 3 is 2.74 bits per heavy atom. The molecule has 120 valence electrons. The van der Waals surface area contributed by atoms with Crippen LogP contribution in [0.15, 0.2) is 42.6 Å². The summed E-state index contributed by atoms with van der Waals surface area (Å²) in [6, 6.07) is 10.3. The van der Waals surface area contributed by atoms with Crippen molar-refractivity contribution in [1.29, 1.82) is 0 Å². The van der Waals surface area contributed by atoms with Crippen LogP contribution in [0.5, 0.6) is 5.75 Å². The van der Waals surface area contributed by atoms with Crippen LogP contribution in [0.1, 0.15) is 16.1 Å². The van der Waals surface area contributed by atoms with Gasteiger partial charge in [0.1, 0.15) is 5.75 Å². The first kappa shape index (κ1) is 16.3. The van der Waals surface area contributed by atoms with Crippen LogP contribution in [0.4, 0.5) is 10.5 Å². The summed E-state index contributed by atoms with van der Waals surface area (Å²) in [5.41, 5.74) is 1.61. The Bertz CT molecular complexity index is 703. The van der Waals surface area contributed by atoms with Crippen molar-refractivity contribution in [1.82, 2.24) is 10.3 Å². The maximum Gasteiger partial charge on any atom is 0.407 e. The molecule has 0 radical (unpaired) electrons. The predicted molar refractivity (Wildman–Crippen MR) is 84.4 cm³/mol. The minimum absolute atomic E-state index is 0.174. The second-order valence-corrected chi connectivity index (χ2v) is 4.57. The number of hydrogen-bond acceptors (Lipinski definition) is 5. The molecule has 0 saturated heterocycles. The van der Waals surface area contributed by atoms with Gasteiger partial charge in [-0.05, 0) is 24.3 Å². The Kier molecular flexibility index (Phi) is 5.51. The number of alkyl carbamates (subject to hydrolysis) is 1. The molecule has 2 rings (SSSR count). The van der Waals surface area contributed by atoms with Gasteiger partial charge in [0, 0.05) is 23.5 Å². The highest BCUT2D eigenvalue weighted by molar-refractivity contribution is 6.04. The summed E-state index contributed by atoms with van der Waals surface area (Å²) >= 11 is 0. The lowest BCUT2D eigenvalue weighted by Gasteiger charge is -2.08. The van der Waals surface area contributed by atoms with Crippen molar-refractivity contribution >= 4 is 17.7 Å². The van der Waals surface area contributed by atoms with Crippen molar-refractivity contribution in [2.24, 2.45) is 0 Å². The van der Waals surface area contributed by atoms with Gasteiger partial charge in [-0.2, -0.15) is 0 Å². The fourth-order valence-corrected chi connectivity index (χ4v) is 1.86. The van der Waals surface area contributed by atoms with Crippen molar-refractivity contribution in [3.05, 3.63) is 53.9 Å². The first-order valence-electron chi connectivity index (χ1n) is 6.84. The second-order valence-electron chi connectivity index (χ2n) is 4.57. The monoisotopic (exact) mass is 315 g/mol. The summed E-state index contributed by atoms with van der Waals surface area (Å²) in [5, 5.41) is 5.29. The number of anilines is 1. The Balaban J connectivity index is 2.05. The molecule has 0 aliphatic heterocycles. The smallest absolute Gasteiger partial charge is 0.407 e. The van der Waals surface area contributed by atoms with Crippen LogP contribution in [-0.2, 0) is 11.3 Å². The molecular weight excluding hydrogens is 298 g/mol. The van der Waals surface area contributed by atoms with Crippen LogP contribution in [0.25, 0.3) is 0 Å². The highest BCUT2D eigenvalue weighted by Gasteiger charge is 2.09. The summed E-state index contributed by atoms with van der Waals surface area (Å²) in [5.74, 6) is 0.375. The summed E-state index contributed by atoms with van der Waals surface area (Å²) in [6.45, 7) is 0.174. The van der Waals surface area contributed by atoms with Gasteiger partial charge in [0.25, 0.3) is 5.91 Å². The Morgan fingerprint density at radius 1 is 1.17 bits per heavy atom. The number of carbonyl (C=O) groups excluding carboxylic acids is 2. The predicted octanol–water partition coefficient (Wildman–Crippen LogP) is 2.20. The van der Waals surface area contributed by atoms with Crippen molar-refractivity contribution < 1.29 is 19.1 Å². The third kappa shape index (κ3) is 4.70. The summed E-state index contributed by atoms with van der Waals surface area (Å²) in [7, 11) is 2.84. The lowest BCUT2D eigenvalue weighted by molar-refractivity contribution is 0.102. The lowest BCUT2D eigenvalue weighted by atomic mass is 10.2. The molecule has 0 spiro atoms. The van der Waals surface area contributed by atoms with Crippen molar-refractivity contribution in [2.75, 3.05) is 19.5 Å². The van der Waals surface area contributed by atoms with Crippen LogP contribution in [-0.4, -0.2) is 31.2 Å². The molecule has 0 atom stereocenters. The van der Waals surface area contributed by atoms with Crippen LogP contribution >= 0.6 is 0 Å². The minimum Gasteiger partial charge on any atom is -0.497 e.